The number of Topliss-reactive ketones (excluding diaryl/α,β-unsaturated/α-hetero) is 1. The van der Waals surface area contributed by atoms with Crippen molar-refractivity contribution >= 4 is 5.78 Å². The van der Waals surface area contributed by atoms with Gasteiger partial charge >= 0.3 is 0 Å². The molecule has 3 heteroatoms. The van der Waals surface area contributed by atoms with E-state index in [1.54, 1.807) is 0 Å². The molecule has 1 aliphatic carbocycles. The molecule has 118 valence electrons. The standard InChI is InChI=1S/C19H25NO2/c1-3-12-20(2)13-5-4-6-14-22-17-10-11-18-16(15-17)8-7-9-19(18)21/h1,10-11,15H,4-9,12-14H2,2H3. The number of nitrogens with zero attached hydrogens (tertiary/aromatic N) is 1. The van der Waals surface area contributed by atoms with Crippen LogP contribution in [0, 0.1) is 12.3 Å². The largest absolute Gasteiger partial charge is 0.494 e. The highest BCUT2D eigenvalue weighted by Crippen LogP contribution is 2.25. The summed E-state index contributed by atoms with van der Waals surface area (Å²) in [6.45, 7) is 2.47. The van der Waals surface area contributed by atoms with Gasteiger partial charge in [-0.3, -0.25) is 9.69 Å². The Morgan fingerprint density at radius 3 is 2.95 bits per heavy atom. The van der Waals surface area contributed by atoms with Crippen molar-refractivity contribution in [3.05, 3.63) is 29.3 Å². The lowest BCUT2D eigenvalue weighted by molar-refractivity contribution is 0.0972. The average molecular weight is 299 g/mol. The van der Waals surface area contributed by atoms with Gasteiger partial charge in [-0.1, -0.05) is 5.92 Å². The summed E-state index contributed by atoms with van der Waals surface area (Å²) < 4.78 is 5.80. The molecule has 0 spiro atoms. The summed E-state index contributed by atoms with van der Waals surface area (Å²) in [5.41, 5.74) is 2.03. The Bertz CT molecular complexity index is 545. The molecule has 1 aliphatic rings. The Kier molecular flexibility index (Phi) is 6.48. The maximum atomic E-state index is 11.8. The van der Waals surface area contributed by atoms with E-state index in [-0.39, 0.29) is 5.78 Å². The monoisotopic (exact) mass is 299 g/mol. The summed E-state index contributed by atoms with van der Waals surface area (Å²) in [6, 6.07) is 5.87. The Morgan fingerprint density at radius 2 is 2.14 bits per heavy atom. The molecule has 1 aromatic rings. The Morgan fingerprint density at radius 1 is 1.27 bits per heavy atom. The number of fused-ring (bicyclic) bond motifs is 1. The molecule has 0 unspecified atom stereocenters. The van der Waals surface area contributed by atoms with Crippen LogP contribution in [0.3, 0.4) is 0 Å². The van der Waals surface area contributed by atoms with Crippen LogP contribution in [0.4, 0.5) is 0 Å². The van der Waals surface area contributed by atoms with Gasteiger partial charge in [-0.25, -0.2) is 0 Å². The topological polar surface area (TPSA) is 29.5 Å². The van der Waals surface area contributed by atoms with Crippen LogP contribution < -0.4 is 4.74 Å². The van der Waals surface area contributed by atoms with Crippen LogP contribution in [0.1, 0.15) is 48.0 Å². The molecule has 0 radical (unpaired) electrons. The first kappa shape index (κ1) is 16.6. The lowest BCUT2D eigenvalue weighted by Crippen LogP contribution is -2.19. The van der Waals surface area contributed by atoms with Gasteiger partial charge < -0.3 is 4.74 Å². The number of ether oxygens (including phenoxy) is 1. The molecule has 2 rings (SSSR count). The molecule has 0 fully saturated rings. The third-order valence-corrected chi connectivity index (χ3v) is 4.04. The Hall–Kier alpha value is -1.79. The van der Waals surface area contributed by atoms with Crippen molar-refractivity contribution in [3.63, 3.8) is 0 Å². The number of unbranched alkanes of at least 4 members (excludes halogenated alkanes) is 2. The predicted octanol–water partition coefficient (Wildman–Crippen LogP) is 3.32. The first-order chi connectivity index (χ1) is 10.7. The number of terminal acetylenes is 1. The van der Waals surface area contributed by atoms with E-state index in [1.807, 2.05) is 25.2 Å². The van der Waals surface area contributed by atoms with Gasteiger partial charge in [0.25, 0.3) is 0 Å². The van der Waals surface area contributed by atoms with Crippen molar-refractivity contribution in [1.82, 2.24) is 4.90 Å². The molecular weight excluding hydrogens is 274 g/mol. The minimum atomic E-state index is 0.267. The van der Waals surface area contributed by atoms with Crippen LogP contribution in [0.25, 0.3) is 0 Å². The lowest BCUT2D eigenvalue weighted by atomic mass is 9.90. The molecule has 0 atom stereocenters. The van der Waals surface area contributed by atoms with Crippen LogP contribution in [0.2, 0.25) is 0 Å². The first-order valence-electron chi connectivity index (χ1n) is 8.11. The molecule has 1 aromatic carbocycles. The van der Waals surface area contributed by atoms with E-state index in [0.29, 0.717) is 13.0 Å². The fraction of sp³-hybridized carbons (Fsp3) is 0.526. The zero-order valence-corrected chi connectivity index (χ0v) is 13.4. The van der Waals surface area contributed by atoms with Gasteiger partial charge in [0.15, 0.2) is 5.78 Å². The van der Waals surface area contributed by atoms with Gasteiger partial charge in [0, 0.05) is 12.0 Å². The third-order valence-electron chi connectivity index (χ3n) is 4.04. The maximum absolute atomic E-state index is 11.8. The van der Waals surface area contributed by atoms with Gasteiger partial charge in [0.05, 0.1) is 13.2 Å². The molecule has 0 heterocycles. The van der Waals surface area contributed by atoms with Crippen LogP contribution in [0.5, 0.6) is 5.75 Å². The summed E-state index contributed by atoms with van der Waals surface area (Å²) in [6.07, 6.45) is 11.2. The van der Waals surface area contributed by atoms with Crippen LogP contribution in [-0.2, 0) is 6.42 Å². The highest BCUT2D eigenvalue weighted by atomic mass is 16.5. The molecule has 0 saturated heterocycles. The van der Waals surface area contributed by atoms with E-state index in [4.69, 9.17) is 11.2 Å². The Balaban J connectivity index is 1.68. The normalized spacial score (nSPS) is 13.8. The predicted molar refractivity (Wildman–Crippen MR) is 89.4 cm³/mol. The van der Waals surface area contributed by atoms with Crippen LogP contribution >= 0.6 is 0 Å². The number of carbonyl (C=O) groups excluding carboxylic acids is 1. The summed E-state index contributed by atoms with van der Waals surface area (Å²) >= 11 is 0. The summed E-state index contributed by atoms with van der Waals surface area (Å²) in [4.78, 5) is 13.9. The van der Waals surface area contributed by atoms with Gasteiger partial charge in [0.2, 0.25) is 0 Å². The van der Waals surface area contributed by atoms with E-state index in [2.05, 4.69) is 10.8 Å². The first-order valence-corrected chi connectivity index (χ1v) is 8.11. The maximum Gasteiger partial charge on any atom is 0.163 e. The molecule has 0 saturated carbocycles. The van der Waals surface area contributed by atoms with E-state index in [1.165, 1.54) is 0 Å². The molecular formula is C19H25NO2. The second-order valence-corrected chi connectivity index (χ2v) is 5.95. The molecule has 0 aliphatic heterocycles. The molecule has 0 bridgehead atoms. The SMILES string of the molecule is C#CCN(C)CCCCCOc1ccc2c(c1)CCCC2=O. The fourth-order valence-electron chi connectivity index (χ4n) is 2.80. The van der Waals surface area contributed by atoms with E-state index >= 15 is 0 Å². The minimum absolute atomic E-state index is 0.267. The van der Waals surface area contributed by atoms with Crippen LogP contribution in [-0.4, -0.2) is 37.4 Å². The van der Waals surface area contributed by atoms with E-state index in [9.17, 15) is 4.79 Å². The van der Waals surface area contributed by atoms with E-state index in [0.717, 1.165) is 62.1 Å². The summed E-state index contributed by atoms with van der Waals surface area (Å²) in [7, 11) is 2.05. The van der Waals surface area contributed by atoms with Crippen molar-refractivity contribution in [3.8, 4) is 18.1 Å². The zero-order chi connectivity index (χ0) is 15.8. The highest BCUT2D eigenvalue weighted by Gasteiger charge is 2.17. The molecule has 3 nitrogen and oxygen atoms in total. The van der Waals surface area contributed by atoms with Gasteiger partial charge in [-0.15, -0.1) is 6.42 Å². The molecule has 22 heavy (non-hydrogen) atoms. The molecule has 0 N–H and O–H groups in total. The van der Waals surface area contributed by atoms with Crippen molar-refractivity contribution < 1.29 is 9.53 Å². The highest BCUT2D eigenvalue weighted by molar-refractivity contribution is 5.98. The van der Waals surface area contributed by atoms with Crippen molar-refractivity contribution in [1.29, 1.82) is 0 Å². The average Bonchev–Trinajstić information content (AvgIpc) is 2.51. The summed E-state index contributed by atoms with van der Waals surface area (Å²) in [5, 5.41) is 0. The molecule has 0 aromatic heterocycles. The smallest absolute Gasteiger partial charge is 0.163 e. The number of hydrogen-bond donors (Lipinski definition) is 0. The van der Waals surface area contributed by atoms with E-state index < -0.39 is 0 Å². The number of rotatable bonds is 8. The molecule has 0 amide bonds. The lowest BCUT2D eigenvalue weighted by Gasteiger charge is -2.16. The second-order valence-electron chi connectivity index (χ2n) is 5.95. The van der Waals surface area contributed by atoms with Gasteiger partial charge in [0.1, 0.15) is 5.75 Å². The quantitative estimate of drug-likeness (QED) is 0.545. The fourth-order valence-corrected chi connectivity index (χ4v) is 2.80. The van der Waals surface area contributed by atoms with Gasteiger partial charge in [-0.2, -0.15) is 0 Å². The number of hydrogen-bond acceptors (Lipinski definition) is 3. The van der Waals surface area contributed by atoms with Crippen molar-refractivity contribution in [2.75, 3.05) is 26.7 Å². The number of benzene rings is 1. The van der Waals surface area contributed by atoms with Gasteiger partial charge in [-0.05, 0) is 69.5 Å². The number of aryl methyl sites for hydroxylation is 1. The third kappa shape index (κ3) is 4.89. The second kappa shape index (κ2) is 8.60. The van der Waals surface area contributed by atoms with Crippen LogP contribution in [0.15, 0.2) is 18.2 Å². The summed E-state index contributed by atoms with van der Waals surface area (Å²) in [5.74, 6) is 3.80. The number of carbonyl (C=O) groups is 1. The zero-order valence-electron chi connectivity index (χ0n) is 13.4. The minimum Gasteiger partial charge on any atom is -0.494 e. The Labute approximate surface area is 133 Å². The van der Waals surface area contributed by atoms with Crippen molar-refractivity contribution in [2.24, 2.45) is 0 Å². The number of ketones is 1. The van der Waals surface area contributed by atoms with Crippen molar-refractivity contribution in [2.45, 2.75) is 38.5 Å².